The van der Waals surface area contributed by atoms with Crippen LogP contribution in [0.5, 0.6) is 0 Å². The molecule has 0 aliphatic heterocycles. The Hall–Kier alpha value is -2.33. The first-order chi connectivity index (χ1) is 12.9. The molecular weight excluding hydrogens is 360 g/mol. The molecule has 0 radical (unpaired) electrons. The van der Waals surface area contributed by atoms with Crippen molar-refractivity contribution in [2.24, 2.45) is 0 Å². The molecule has 0 aromatic heterocycles. The lowest BCUT2D eigenvalue weighted by molar-refractivity contribution is -0.140. The van der Waals surface area contributed by atoms with Gasteiger partial charge in [-0.15, -0.1) is 0 Å². The maximum absolute atomic E-state index is 13.0. The molecule has 5 heteroatoms. The minimum Gasteiger partial charge on any atom is -0.352 e. The van der Waals surface area contributed by atoms with Gasteiger partial charge in [-0.25, -0.2) is 0 Å². The summed E-state index contributed by atoms with van der Waals surface area (Å²) in [5, 5.41) is 3.55. The highest BCUT2D eigenvalue weighted by Crippen LogP contribution is 2.19. The van der Waals surface area contributed by atoms with Crippen molar-refractivity contribution >= 4 is 23.4 Å². The van der Waals surface area contributed by atoms with Crippen LogP contribution >= 0.6 is 11.6 Å². The van der Waals surface area contributed by atoms with E-state index < -0.39 is 6.04 Å². The van der Waals surface area contributed by atoms with Crippen LogP contribution in [0.25, 0.3) is 0 Å². The van der Waals surface area contributed by atoms with E-state index in [4.69, 9.17) is 11.6 Å². The molecule has 1 N–H and O–H groups in total. The van der Waals surface area contributed by atoms with Crippen LogP contribution in [0, 0.1) is 0 Å². The highest BCUT2D eigenvalue weighted by molar-refractivity contribution is 6.31. The van der Waals surface area contributed by atoms with E-state index in [0.29, 0.717) is 11.6 Å². The van der Waals surface area contributed by atoms with Crippen LogP contribution in [0.15, 0.2) is 54.6 Å². The molecular formula is C22H27ClN2O2. The lowest BCUT2D eigenvalue weighted by Crippen LogP contribution is -2.49. The van der Waals surface area contributed by atoms with Crippen LogP contribution in [0.4, 0.5) is 0 Å². The lowest BCUT2D eigenvalue weighted by Gasteiger charge is -2.30. The van der Waals surface area contributed by atoms with E-state index in [-0.39, 0.29) is 24.3 Å². The summed E-state index contributed by atoms with van der Waals surface area (Å²) in [6, 6.07) is 16.4. The molecule has 0 heterocycles. The van der Waals surface area contributed by atoms with Crippen LogP contribution in [-0.2, 0) is 22.6 Å². The number of amides is 2. The van der Waals surface area contributed by atoms with Crippen molar-refractivity contribution in [3.63, 3.8) is 0 Å². The van der Waals surface area contributed by atoms with Crippen LogP contribution in [-0.4, -0.2) is 28.8 Å². The monoisotopic (exact) mass is 386 g/mol. The van der Waals surface area contributed by atoms with Gasteiger partial charge in [0.25, 0.3) is 0 Å². The van der Waals surface area contributed by atoms with E-state index >= 15 is 0 Å². The van der Waals surface area contributed by atoms with Crippen LogP contribution in [0.1, 0.15) is 38.3 Å². The molecule has 0 aliphatic rings. The zero-order valence-corrected chi connectivity index (χ0v) is 16.9. The second-order valence-corrected chi connectivity index (χ2v) is 7.18. The predicted molar refractivity (Wildman–Crippen MR) is 110 cm³/mol. The third kappa shape index (κ3) is 6.10. The SMILES string of the molecule is CC[C@H](C)NC(=O)[C@H](C)N(Cc1ccccc1Cl)C(=O)Cc1ccccc1. The zero-order valence-electron chi connectivity index (χ0n) is 16.1. The van der Waals surface area contributed by atoms with Crippen LogP contribution < -0.4 is 5.32 Å². The highest BCUT2D eigenvalue weighted by Gasteiger charge is 2.27. The molecule has 0 spiro atoms. The molecule has 144 valence electrons. The number of hydrogen-bond acceptors (Lipinski definition) is 2. The smallest absolute Gasteiger partial charge is 0.242 e. The average Bonchev–Trinajstić information content (AvgIpc) is 2.67. The van der Waals surface area contributed by atoms with E-state index in [9.17, 15) is 9.59 Å². The Morgan fingerprint density at radius 2 is 1.67 bits per heavy atom. The van der Waals surface area contributed by atoms with Crippen molar-refractivity contribution in [1.82, 2.24) is 10.2 Å². The van der Waals surface area contributed by atoms with Crippen LogP contribution in [0.3, 0.4) is 0 Å². The van der Waals surface area contributed by atoms with Gasteiger partial charge in [-0.05, 0) is 37.5 Å². The molecule has 2 rings (SSSR count). The Morgan fingerprint density at radius 1 is 1.04 bits per heavy atom. The summed E-state index contributed by atoms with van der Waals surface area (Å²) in [5.74, 6) is -0.259. The first kappa shape index (κ1) is 21.0. The van der Waals surface area contributed by atoms with Gasteiger partial charge in [-0.1, -0.05) is 67.1 Å². The Balaban J connectivity index is 2.22. The molecule has 0 fully saturated rings. The van der Waals surface area contributed by atoms with Gasteiger partial charge in [0.2, 0.25) is 11.8 Å². The number of carbonyl (C=O) groups excluding carboxylic acids is 2. The summed E-state index contributed by atoms with van der Waals surface area (Å²) in [4.78, 5) is 27.3. The van der Waals surface area contributed by atoms with Gasteiger partial charge < -0.3 is 10.2 Å². The number of benzene rings is 2. The summed E-state index contributed by atoms with van der Waals surface area (Å²) in [6.07, 6.45) is 1.08. The van der Waals surface area contributed by atoms with E-state index in [2.05, 4.69) is 5.32 Å². The Morgan fingerprint density at radius 3 is 2.30 bits per heavy atom. The normalized spacial score (nSPS) is 12.9. The molecule has 2 aromatic carbocycles. The van der Waals surface area contributed by atoms with E-state index in [0.717, 1.165) is 17.5 Å². The van der Waals surface area contributed by atoms with Gasteiger partial charge in [0.15, 0.2) is 0 Å². The molecule has 2 atom stereocenters. The van der Waals surface area contributed by atoms with Gasteiger partial charge in [0, 0.05) is 17.6 Å². The largest absolute Gasteiger partial charge is 0.352 e. The summed E-state index contributed by atoms with van der Waals surface area (Å²) in [5.41, 5.74) is 1.74. The third-order valence-electron chi connectivity index (χ3n) is 4.67. The lowest BCUT2D eigenvalue weighted by atomic mass is 10.1. The molecule has 4 nitrogen and oxygen atoms in total. The Kier molecular flexibility index (Phi) is 7.86. The summed E-state index contributed by atoms with van der Waals surface area (Å²) in [6.45, 7) is 6.02. The van der Waals surface area contributed by atoms with Gasteiger partial charge in [0.1, 0.15) is 6.04 Å². The number of nitrogens with one attached hydrogen (secondary N) is 1. The van der Waals surface area contributed by atoms with E-state index in [1.165, 1.54) is 0 Å². The van der Waals surface area contributed by atoms with Crippen molar-refractivity contribution in [3.8, 4) is 0 Å². The van der Waals surface area contributed by atoms with Gasteiger partial charge in [-0.3, -0.25) is 9.59 Å². The second-order valence-electron chi connectivity index (χ2n) is 6.77. The maximum atomic E-state index is 13.0. The van der Waals surface area contributed by atoms with Crippen molar-refractivity contribution in [2.45, 2.75) is 52.2 Å². The second kappa shape index (κ2) is 10.1. The number of hydrogen-bond donors (Lipinski definition) is 1. The fourth-order valence-electron chi connectivity index (χ4n) is 2.73. The molecule has 0 aliphatic carbocycles. The Bertz CT molecular complexity index is 764. The number of halogens is 1. The molecule has 27 heavy (non-hydrogen) atoms. The molecule has 0 unspecified atom stereocenters. The van der Waals surface area contributed by atoms with Gasteiger partial charge >= 0.3 is 0 Å². The number of nitrogens with zero attached hydrogens (tertiary/aromatic N) is 1. The fraction of sp³-hybridized carbons (Fsp3) is 0.364. The Labute approximate surface area is 166 Å². The third-order valence-corrected chi connectivity index (χ3v) is 5.03. The number of rotatable bonds is 8. The summed E-state index contributed by atoms with van der Waals surface area (Å²) in [7, 11) is 0. The fourth-order valence-corrected chi connectivity index (χ4v) is 2.93. The van der Waals surface area contributed by atoms with Gasteiger partial charge in [0.05, 0.1) is 6.42 Å². The van der Waals surface area contributed by atoms with Crippen LogP contribution in [0.2, 0.25) is 5.02 Å². The maximum Gasteiger partial charge on any atom is 0.242 e. The van der Waals surface area contributed by atoms with Crippen molar-refractivity contribution in [2.75, 3.05) is 0 Å². The minimum absolute atomic E-state index is 0.0614. The molecule has 0 bridgehead atoms. The molecule has 0 saturated heterocycles. The summed E-state index contributed by atoms with van der Waals surface area (Å²) < 4.78 is 0. The number of carbonyl (C=O) groups is 2. The molecule has 2 aromatic rings. The minimum atomic E-state index is -0.591. The average molecular weight is 387 g/mol. The topological polar surface area (TPSA) is 49.4 Å². The first-order valence-electron chi connectivity index (χ1n) is 9.29. The zero-order chi connectivity index (χ0) is 19.8. The van der Waals surface area contributed by atoms with Crippen molar-refractivity contribution in [3.05, 3.63) is 70.7 Å². The molecule has 0 saturated carbocycles. The summed E-state index contributed by atoms with van der Waals surface area (Å²) >= 11 is 6.29. The highest BCUT2D eigenvalue weighted by atomic mass is 35.5. The van der Waals surface area contributed by atoms with E-state index in [1.54, 1.807) is 17.9 Å². The van der Waals surface area contributed by atoms with E-state index in [1.807, 2.05) is 62.4 Å². The quantitative estimate of drug-likeness (QED) is 0.738. The van der Waals surface area contributed by atoms with Crippen molar-refractivity contribution in [1.29, 1.82) is 0 Å². The standard InChI is InChI=1S/C22H27ClN2O2/c1-4-16(2)24-22(27)17(3)25(15-19-12-8-9-13-20(19)23)21(26)14-18-10-6-5-7-11-18/h5-13,16-17H,4,14-15H2,1-3H3,(H,24,27)/t16-,17-/m0/s1. The van der Waals surface area contributed by atoms with Gasteiger partial charge in [-0.2, -0.15) is 0 Å². The predicted octanol–water partition coefficient (Wildman–Crippen LogP) is 4.21. The van der Waals surface area contributed by atoms with Crippen molar-refractivity contribution < 1.29 is 9.59 Å². The first-order valence-corrected chi connectivity index (χ1v) is 9.67. The molecule has 2 amide bonds.